The number of hydrogen-bond acceptors (Lipinski definition) is 11. The maximum absolute atomic E-state index is 14.2. The van der Waals surface area contributed by atoms with Gasteiger partial charge in [-0.05, 0) is 86.6 Å². The lowest BCUT2D eigenvalue weighted by atomic mass is 9.85. The lowest BCUT2D eigenvalue weighted by Crippen LogP contribution is -2.47. The number of oxazole rings is 1. The van der Waals surface area contributed by atoms with Crippen molar-refractivity contribution in [3.8, 4) is 11.5 Å². The van der Waals surface area contributed by atoms with Crippen molar-refractivity contribution >= 4 is 40.3 Å². The van der Waals surface area contributed by atoms with Crippen LogP contribution in [0.5, 0.6) is 0 Å². The summed E-state index contributed by atoms with van der Waals surface area (Å²) in [6.45, 7) is 6.23. The first-order chi connectivity index (χ1) is 29.1. The third kappa shape index (κ3) is 8.48. The summed E-state index contributed by atoms with van der Waals surface area (Å²) in [6, 6.07) is 8.70. The molecule has 1 unspecified atom stereocenters. The fraction of sp³-hybridized carbons (Fsp3) is 0.500. The van der Waals surface area contributed by atoms with E-state index in [1.807, 2.05) is 18.2 Å². The van der Waals surface area contributed by atoms with Crippen molar-refractivity contribution in [1.82, 2.24) is 44.0 Å². The van der Waals surface area contributed by atoms with Gasteiger partial charge in [-0.1, -0.05) is 6.07 Å². The Balaban J connectivity index is 0.753. The van der Waals surface area contributed by atoms with E-state index in [-0.39, 0.29) is 41.3 Å². The molecular weight excluding hydrogens is 777 g/mol. The number of imide groups is 1. The van der Waals surface area contributed by atoms with Gasteiger partial charge in [0.25, 0.3) is 12.3 Å². The van der Waals surface area contributed by atoms with Gasteiger partial charge in [0.1, 0.15) is 18.1 Å². The maximum Gasteiger partial charge on any atom is 0.329 e. The number of nitrogens with one attached hydrogen (secondary N) is 3. The summed E-state index contributed by atoms with van der Waals surface area (Å²) < 4.78 is 38.6. The molecule has 9 rings (SSSR count). The normalized spacial score (nSPS) is 21.8. The zero-order valence-electron chi connectivity index (χ0n) is 33.5. The first-order valence-corrected chi connectivity index (χ1v) is 20.9. The molecule has 3 amide bonds. The lowest BCUT2D eigenvalue weighted by Gasteiger charge is -2.38. The molecule has 2 saturated heterocycles. The Morgan fingerprint density at radius 1 is 0.950 bits per heavy atom. The molecule has 2 aliphatic carbocycles. The van der Waals surface area contributed by atoms with E-state index < -0.39 is 30.0 Å². The third-order valence-electron chi connectivity index (χ3n) is 12.5. The molecular formula is C42H49F2N11O5. The van der Waals surface area contributed by atoms with Crippen molar-refractivity contribution in [1.29, 1.82) is 0 Å². The number of carbonyl (C=O) groups excluding carboxylic acids is 3. The predicted molar refractivity (Wildman–Crippen MR) is 217 cm³/mol. The SMILES string of the molecule is Cn1c(=O)n(C2CCC(=O)NC2=O)c2ccc(CN3CCN(C[C@H]4CC[C@H](n5cc(NC(=O)c6coc(-c7ccnc(NCC8CC8)c7)n6)c(C(F)F)n5)CC4)CC3)cc21. The Kier molecular flexibility index (Phi) is 11.1. The van der Waals surface area contributed by atoms with Crippen molar-refractivity contribution in [2.75, 3.05) is 49.9 Å². The molecule has 3 N–H and O–H groups in total. The number of halogens is 2. The topological polar surface area (TPSA) is 177 Å². The van der Waals surface area contributed by atoms with E-state index in [0.29, 0.717) is 35.2 Å². The quantitative estimate of drug-likeness (QED) is 0.134. The minimum absolute atomic E-state index is 0.0301. The number of pyridine rings is 1. The Hall–Kier alpha value is -5.75. The van der Waals surface area contributed by atoms with E-state index in [1.165, 1.54) is 29.9 Å². The zero-order chi connectivity index (χ0) is 41.5. The van der Waals surface area contributed by atoms with E-state index in [9.17, 15) is 28.0 Å². The second-order valence-electron chi connectivity index (χ2n) is 16.7. The van der Waals surface area contributed by atoms with Crippen LogP contribution in [0.3, 0.4) is 0 Å². The molecule has 6 heterocycles. The molecule has 4 fully saturated rings. The van der Waals surface area contributed by atoms with E-state index in [1.54, 1.807) is 34.6 Å². The third-order valence-corrected chi connectivity index (χ3v) is 12.5. The van der Waals surface area contributed by atoms with Gasteiger partial charge in [0.2, 0.25) is 17.7 Å². The van der Waals surface area contributed by atoms with Gasteiger partial charge in [-0.25, -0.2) is 23.5 Å². The van der Waals surface area contributed by atoms with Gasteiger partial charge >= 0.3 is 5.69 Å². The number of rotatable bonds is 13. The fourth-order valence-corrected chi connectivity index (χ4v) is 8.86. The second kappa shape index (κ2) is 16.7. The van der Waals surface area contributed by atoms with Crippen molar-refractivity contribution in [2.24, 2.45) is 18.9 Å². The molecule has 16 nitrogen and oxygen atoms in total. The highest BCUT2D eigenvalue weighted by Crippen LogP contribution is 2.36. The molecule has 5 aromatic rings. The minimum atomic E-state index is -2.87. The second-order valence-corrected chi connectivity index (χ2v) is 16.7. The monoisotopic (exact) mass is 825 g/mol. The van der Waals surface area contributed by atoms with Crippen LogP contribution >= 0.6 is 0 Å². The van der Waals surface area contributed by atoms with Crippen LogP contribution in [0.25, 0.3) is 22.5 Å². The van der Waals surface area contributed by atoms with E-state index in [0.717, 1.165) is 82.6 Å². The van der Waals surface area contributed by atoms with Gasteiger partial charge in [-0.2, -0.15) is 5.10 Å². The van der Waals surface area contributed by atoms with Crippen LogP contribution in [0.15, 0.2) is 58.2 Å². The Morgan fingerprint density at radius 3 is 2.47 bits per heavy atom. The first-order valence-electron chi connectivity index (χ1n) is 20.9. The molecule has 0 spiro atoms. The predicted octanol–water partition coefficient (Wildman–Crippen LogP) is 5.13. The van der Waals surface area contributed by atoms with Crippen LogP contribution in [0.4, 0.5) is 20.3 Å². The van der Waals surface area contributed by atoms with E-state index in [2.05, 4.69) is 40.8 Å². The number of imidazole rings is 1. The molecule has 1 aromatic carbocycles. The number of piperazine rings is 1. The largest absolute Gasteiger partial charge is 0.444 e. The number of hydrogen-bond donors (Lipinski definition) is 3. The van der Waals surface area contributed by atoms with Gasteiger partial charge in [-0.3, -0.25) is 38.4 Å². The highest BCUT2D eigenvalue weighted by molar-refractivity contribution is 6.03. The van der Waals surface area contributed by atoms with Gasteiger partial charge in [0.15, 0.2) is 11.4 Å². The molecule has 1 atom stereocenters. The first kappa shape index (κ1) is 39.7. The average Bonchev–Trinajstić information content (AvgIpc) is 3.66. The lowest BCUT2D eigenvalue weighted by molar-refractivity contribution is -0.135. The molecule has 2 aliphatic heterocycles. The number of aromatic nitrogens is 6. The summed E-state index contributed by atoms with van der Waals surface area (Å²) in [4.78, 5) is 64.2. The highest BCUT2D eigenvalue weighted by atomic mass is 19.3. The van der Waals surface area contributed by atoms with Crippen LogP contribution in [0, 0.1) is 11.8 Å². The highest BCUT2D eigenvalue weighted by Gasteiger charge is 2.32. The van der Waals surface area contributed by atoms with Crippen LogP contribution in [-0.4, -0.2) is 95.7 Å². The molecule has 60 heavy (non-hydrogen) atoms. The molecule has 4 aliphatic rings. The summed E-state index contributed by atoms with van der Waals surface area (Å²) in [5.41, 5.74) is 2.35. The fourth-order valence-electron chi connectivity index (χ4n) is 8.86. The Morgan fingerprint density at radius 2 is 1.72 bits per heavy atom. The minimum Gasteiger partial charge on any atom is -0.444 e. The molecule has 2 saturated carbocycles. The molecule has 316 valence electrons. The van der Waals surface area contributed by atoms with E-state index in [4.69, 9.17) is 4.42 Å². The number of alkyl halides is 2. The summed E-state index contributed by atoms with van der Waals surface area (Å²) in [6.07, 6.45) is 7.91. The summed E-state index contributed by atoms with van der Waals surface area (Å²) in [7, 11) is 1.71. The maximum atomic E-state index is 14.2. The summed E-state index contributed by atoms with van der Waals surface area (Å²) >= 11 is 0. The zero-order valence-corrected chi connectivity index (χ0v) is 33.5. The number of piperidine rings is 1. The number of amides is 3. The van der Waals surface area contributed by atoms with Crippen molar-refractivity contribution in [3.63, 3.8) is 0 Å². The number of carbonyl (C=O) groups is 3. The average molecular weight is 826 g/mol. The van der Waals surface area contributed by atoms with Crippen LogP contribution in [0.2, 0.25) is 0 Å². The Labute approximate surface area is 344 Å². The number of anilines is 2. The molecule has 18 heteroatoms. The number of benzene rings is 1. The summed E-state index contributed by atoms with van der Waals surface area (Å²) in [5, 5.41) is 12.5. The summed E-state index contributed by atoms with van der Waals surface area (Å²) in [5.74, 6) is 0.653. The van der Waals surface area contributed by atoms with Crippen LogP contribution in [0.1, 0.15) is 91.6 Å². The van der Waals surface area contributed by atoms with E-state index >= 15 is 0 Å². The van der Waals surface area contributed by atoms with Crippen molar-refractivity contribution in [2.45, 2.75) is 76.4 Å². The van der Waals surface area contributed by atoms with Crippen LogP contribution in [-0.2, 0) is 23.2 Å². The number of fused-ring (bicyclic) bond motifs is 1. The smallest absolute Gasteiger partial charge is 0.329 e. The Bertz CT molecular complexity index is 2450. The van der Waals surface area contributed by atoms with Crippen molar-refractivity contribution in [3.05, 3.63) is 76.4 Å². The molecule has 4 aromatic heterocycles. The number of nitrogens with zero attached hydrogens (tertiary/aromatic N) is 8. The van der Waals surface area contributed by atoms with Gasteiger partial charge in [-0.15, -0.1) is 0 Å². The molecule has 0 radical (unpaired) electrons. The van der Waals surface area contributed by atoms with Crippen LogP contribution < -0.4 is 21.6 Å². The molecule has 0 bridgehead atoms. The van der Waals surface area contributed by atoms with Gasteiger partial charge in [0, 0.05) is 77.2 Å². The number of aryl methyl sites for hydroxylation is 1. The van der Waals surface area contributed by atoms with Gasteiger partial charge < -0.3 is 20.0 Å². The van der Waals surface area contributed by atoms with Crippen molar-refractivity contribution < 1.29 is 27.6 Å². The standard InChI is InChI=1S/C42H49F2N11O5/c1-51-34-18-27(6-9-32(34)55(42(51)59)33-10-11-36(56)49-40(33)58)22-53-16-14-52(15-17-53)21-26-4-7-29(8-5-26)54-23-30(37(50-54)38(43)44)47-39(57)31-24-60-41(48-31)28-12-13-45-35(19-28)46-20-25-2-3-25/h6,9,12-13,18-19,23-26,29,33,38H,2-5,7-8,10-11,14-17,20-22H2,1H3,(H,45,46)(H,47,57)(H,49,56,58)/t26-,29-,33?. The van der Waals surface area contributed by atoms with Gasteiger partial charge in [0.05, 0.1) is 22.8 Å².